The van der Waals surface area contributed by atoms with Crippen LogP contribution in [0.15, 0.2) is 24.3 Å². The number of nitrogen functional groups attached to an aromatic ring is 1. The number of benzene rings is 1. The minimum absolute atomic E-state index is 0.779. The van der Waals surface area contributed by atoms with Crippen LogP contribution in [0.25, 0.3) is 0 Å². The molecule has 0 fully saturated rings. The molecule has 2 nitrogen and oxygen atoms in total. The van der Waals surface area contributed by atoms with Crippen LogP contribution >= 0.6 is 0 Å². The molecule has 0 unspecified atom stereocenters. The van der Waals surface area contributed by atoms with Crippen LogP contribution in [0.2, 0.25) is 0 Å². The number of nitrogens with zero attached hydrogens (tertiary/aromatic N) is 1. The highest BCUT2D eigenvalue weighted by Crippen LogP contribution is 2.20. The van der Waals surface area contributed by atoms with Crippen LogP contribution in [-0.4, -0.2) is 13.1 Å². The fraction of sp³-hybridized carbons (Fsp3) is 0.571. The highest BCUT2D eigenvalue weighted by atomic mass is 15.1. The van der Waals surface area contributed by atoms with Gasteiger partial charge in [0.25, 0.3) is 0 Å². The highest BCUT2D eigenvalue weighted by molar-refractivity contribution is 5.55. The molecule has 16 heavy (non-hydrogen) atoms. The number of hydrogen-bond donors (Lipinski definition) is 1. The van der Waals surface area contributed by atoms with Gasteiger partial charge in [0, 0.05) is 24.5 Å². The lowest BCUT2D eigenvalue weighted by Crippen LogP contribution is -2.28. The van der Waals surface area contributed by atoms with Crippen molar-refractivity contribution in [2.24, 2.45) is 5.92 Å². The molecule has 0 saturated carbocycles. The first kappa shape index (κ1) is 12.9. The molecule has 1 rings (SSSR count). The van der Waals surface area contributed by atoms with Gasteiger partial charge >= 0.3 is 0 Å². The summed E-state index contributed by atoms with van der Waals surface area (Å²) >= 11 is 0. The van der Waals surface area contributed by atoms with Gasteiger partial charge in [0.15, 0.2) is 0 Å². The Labute approximate surface area is 99.5 Å². The van der Waals surface area contributed by atoms with Crippen LogP contribution in [0.4, 0.5) is 11.4 Å². The second-order valence-electron chi connectivity index (χ2n) is 4.32. The predicted octanol–water partition coefficient (Wildman–Crippen LogP) is 3.53. The van der Waals surface area contributed by atoms with Gasteiger partial charge in [0.2, 0.25) is 0 Å². The second kappa shape index (κ2) is 6.41. The standard InChI is InChI=1S/C14H24N2/c1-4-12(5-2)11-16(6-3)14-9-7-8-13(15)10-14/h7-10,12H,4-6,11,15H2,1-3H3. The Kier molecular flexibility index (Phi) is 5.17. The molecule has 2 heteroatoms. The molecule has 0 bridgehead atoms. The molecule has 0 heterocycles. The summed E-state index contributed by atoms with van der Waals surface area (Å²) in [4.78, 5) is 2.41. The van der Waals surface area contributed by atoms with Crippen molar-refractivity contribution in [3.05, 3.63) is 24.3 Å². The average Bonchev–Trinajstić information content (AvgIpc) is 2.31. The van der Waals surface area contributed by atoms with Crippen LogP contribution in [0.3, 0.4) is 0 Å². The molecular weight excluding hydrogens is 196 g/mol. The first-order chi connectivity index (χ1) is 7.71. The Morgan fingerprint density at radius 1 is 1.19 bits per heavy atom. The van der Waals surface area contributed by atoms with Crippen LogP contribution in [-0.2, 0) is 0 Å². The minimum Gasteiger partial charge on any atom is -0.399 e. The van der Waals surface area contributed by atoms with E-state index < -0.39 is 0 Å². The fourth-order valence-electron chi connectivity index (χ4n) is 2.00. The Morgan fingerprint density at radius 3 is 2.38 bits per heavy atom. The van der Waals surface area contributed by atoms with Crippen LogP contribution in [0.5, 0.6) is 0 Å². The summed E-state index contributed by atoms with van der Waals surface area (Å²) in [6.07, 6.45) is 2.49. The van der Waals surface area contributed by atoms with Gasteiger partial charge in [-0.05, 0) is 31.0 Å². The van der Waals surface area contributed by atoms with E-state index in [-0.39, 0.29) is 0 Å². The van der Waals surface area contributed by atoms with Crippen LogP contribution in [0, 0.1) is 5.92 Å². The molecule has 90 valence electrons. The van der Waals surface area contributed by atoms with Crippen molar-refractivity contribution in [3.8, 4) is 0 Å². The summed E-state index contributed by atoms with van der Waals surface area (Å²) in [6, 6.07) is 8.17. The summed E-state index contributed by atoms with van der Waals surface area (Å²) in [5.41, 5.74) is 7.91. The van der Waals surface area contributed by atoms with Gasteiger partial charge in [0.05, 0.1) is 0 Å². The van der Waals surface area contributed by atoms with Gasteiger partial charge < -0.3 is 10.6 Å². The maximum absolute atomic E-state index is 5.82. The number of hydrogen-bond acceptors (Lipinski definition) is 2. The van der Waals surface area contributed by atoms with Gasteiger partial charge in [-0.1, -0.05) is 32.8 Å². The highest BCUT2D eigenvalue weighted by Gasteiger charge is 2.10. The Balaban J connectivity index is 2.74. The fourth-order valence-corrected chi connectivity index (χ4v) is 2.00. The number of anilines is 2. The third-order valence-electron chi connectivity index (χ3n) is 3.25. The Morgan fingerprint density at radius 2 is 1.88 bits per heavy atom. The molecule has 0 aliphatic heterocycles. The summed E-state index contributed by atoms with van der Waals surface area (Å²) in [5, 5.41) is 0. The zero-order valence-corrected chi connectivity index (χ0v) is 10.7. The van der Waals surface area contributed by atoms with Gasteiger partial charge in [-0.2, -0.15) is 0 Å². The monoisotopic (exact) mass is 220 g/mol. The summed E-state index contributed by atoms with van der Waals surface area (Å²) in [5.74, 6) is 0.779. The molecule has 0 aliphatic carbocycles. The maximum atomic E-state index is 5.82. The smallest absolute Gasteiger partial charge is 0.0386 e. The van der Waals surface area contributed by atoms with E-state index in [1.807, 2.05) is 12.1 Å². The van der Waals surface area contributed by atoms with E-state index in [1.165, 1.54) is 18.5 Å². The number of rotatable bonds is 6. The summed E-state index contributed by atoms with van der Waals surface area (Å²) < 4.78 is 0. The lowest BCUT2D eigenvalue weighted by Gasteiger charge is -2.27. The van der Waals surface area contributed by atoms with Crippen LogP contribution in [0.1, 0.15) is 33.6 Å². The molecule has 0 aliphatic rings. The van der Waals surface area contributed by atoms with Crippen molar-refractivity contribution in [1.82, 2.24) is 0 Å². The van der Waals surface area contributed by atoms with E-state index in [2.05, 4.69) is 37.8 Å². The topological polar surface area (TPSA) is 29.3 Å². The average molecular weight is 220 g/mol. The molecule has 2 N–H and O–H groups in total. The maximum Gasteiger partial charge on any atom is 0.0386 e. The van der Waals surface area contributed by atoms with Gasteiger partial charge in [-0.15, -0.1) is 0 Å². The molecule has 0 spiro atoms. The van der Waals surface area contributed by atoms with E-state index in [1.54, 1.807) is 0 Å². The first-order valence-corrected chi connectivity index (χ1v) is 6.31. The van der Waals surface area contributed by atoms with E-state index in [4.69, 9.17) is 5.73 Å². The molecule has 0 amide bonds. The Hall–Kier alpha value is -1.18. The third-order valence-corrected chi connectivity index (χ3v) is 3.25. The largest absolute Gasteiger partial charge is 0.399 e. The molecule has 0 atom stereocenters. The van der Waals surface area contributed by atoms with Crippen LogP contribution < -0.4 is 10.6 Å². The van der Waals surface area contributed by atoms with E-state index >= 15 is 0 Å². The Bertz CT molecular complexity index is 305. The van der Waals surface area contributed by atoms with Gasteiger partial charge in [-0.25, -0.2) is 0 Å². The summed E-state index contributed by atoms with van der Waals surface area (Å²) in [7, 11) is 0. The molecular formula is C14H24N2. The molecule has 0 aromatic heterocycles. The second-order valence-corrected chi connectivity index (χ2v) is 4.32. The SMILES string of the molecule is CCC(CC)CN(CC)c1cccc(N)c1. The van der Waals surface area contributed by atoms with Crippen molar-refractivity contribution in [3.63, 3.8) is 0 Å². The predicted molar refractivity (Wildman–Crippen MR) is 72.8 cm³/mol. The van der Waals surface area contributed by atoms with Crippen molar-refractivity contribution in [1.29, 1.82) is 0 Å². The molecule has 1 aromatic rings. The van der Waals surface area contributed by atoms with Crippen molar-refractivity contribution < 1.29 is 0 Å². The zero-order chi connectivity index (χ0) is 12.0. The quantitative estimate of drug-likeness (QED) is 0.743. The lowest BCUT2D eigenvalue weighted by molar-refractivity contribution is 0.486. The zero-order valence-electron chi connectivity index (χ0n) is 10.7. The minimum atomic E-state index is 0.779. The van der Waals surface area contributed by atoms with Crippen molar-refractivity contribution in [2.75, 3.05) is 23.7 Å². The van der Waals surface area contributed by atoms with Crippen molar-refractivity contribution in [2.45, 2.75) is 33.6 Å². The first-order valence-electron chi connectivity index (χ1n) is 6.31. The molecule has 0 saturated heterocycles. The van der Waals surface area contributed by atoms with Gasteiger partial charge in [0.1, 0.15) is 0 Å². The third kappa shape index (κ3) is 3.44. The van der Waals surface area contributed by atoms with E-state index in [0.29, 0.717) is 0 Å². The number of nitrogens with two attached hydrogens (primary N) is 1. The lowest BCUT2D eigenvalue weighted by atomic mass is 10.0. The van der Waals surface area contributed by atoms with Gasteiger partial charge in [-0.3, -0.25) is 0 Å². The summed E-state index contributed by atoms with van der Waals surface area (Å²) in [6.45, 7) is 8.90. The molecule has 0 radical (unpaired) electrons. The normalized spacial score (nSPS) is 10.8. The molecule has 1 aromatic carbocycles. The van der Waals surface area contributed by atoms with E-state index in [0.717, 1.165) is 24.7 Å². The van der Waals surface area contributed by atoms with E-state index in [9.17, 15) is 0 Å². The van der Waals surface area contributed by atoms with Crippen molar-refractivity contribution >= 4 is 11.4 Å².